The molecule has 1 amide bonds. The summed E-state index contributed by atoms with van der Waals surface area (Å²) in [6, 6.07) is 6.93. The maximum atomic E-state index is 12.5. The fourth-order valence-corrected chi connectivity index (χ4v) is 3.93. The van der Waals surface area contributed by atoms with E-state index in [9.17, 15) is 14.7 Å². The summed E-state index contributed by atoms with van der Waals surface area (Å²) in [5.41, 5.74) is 1.03. The molecule has 0 radical (unpaired) electrons. The molecule has 1 atom stereocenters. The monoisotopic (exact) mass is 331 g/mol. The molecule has 1 aromatic rings. The summed E-state index contributed by atoms with van der Waals surface area (Å²) in [5, 5.41) is 9.22. The maximum Gasteiger partial charge on any atom is 0.335 e. The van der Waals surface area contributed by atoms with Gasteiger partial charge in [0, 0.05) is 32.7 Å². The van der Waals surface area contributed by atoms with Crippen LogP contribution in [0.15, 0.2) is 24.3 Å². The molecule has 2 aliphatic rings. The highest BCUT2D eigenvalue weighted by molar-refractivity contribution is 5.89. The van der Waals surface area contributed by atoms with E-state index in [1.54, 1.807) is 18.2 Å². The first-order valence-corrected chi connectivity index (χ1v) is 8.82. The predicted octanol–water partition coefficient (Wildman–Crippen LogP) is 2.59. The molecule has 2 heterocycles. The van der Waals surface area contributed by atoms with Crippen LogP contribution in [0.25, 0.3) is 0 Å². The largest absolute Gasteiger partial charge is 0.478 e. The van der Waals surface area contributed by atoms with E-state index >= 15 is 0 Å². The lowest BCUT2D eigenvalue weighted by Crippen LogP contribution is -2.31. The summed E-state index contributed by atoms with van der Waals surface area (Å²) >= 11 is 0. The molecule has 1 N–H and O–H groups in total. The Labute approximate surface area is 142 Å². The van der Waals surface area contributed by atoms with Crippen LogP contribution in [0.5, 0.6) is 0 Å². The fourth-order valence-electron chi connectivity index (χ4n) is 3.93. The highest BCUT2D eigenvalue weighted by Crippen LogP contribution is 2.31. The summed E-state index contributed by atoms with van der Waals surface area (Å²) in [6.45, 7) is 3.38. The van der Waals surface area contributed by atoms with Crippen LogP contribution >= 0.6 is 0 Å². The van der Waals surface area contributed by atoms with E-state index < -0.39 is 5.97 Å². The van der Waals surface area contributed by atoms with Gasteiger partial charge in [0.05, 0.1) is 5.56 Å². The highest BCUT2D eigenvalue weighted by Gasteiger charge is 2.32. The Bertz CT molecular complexity index is 595. The van der Waals surface area contributed by atoms with Gasteiger partial charge in [-0.05, 0) is 49.1 Å². The number of rotatable bonds is 5. The first-order chi connectivity index (χ1) is 11.6. The second-order valence-corrected chi connectivity index (χ2v) is 6.80. The number of hydrogen-bond acceptors (Lipinski definition) is 3. The Kier molecular flexibility index (Phi) is 5.51. The molecular formula is C19H25NO4. The van der Waals surface area contributed by atoms with Gasteiger partial charge in [-0.2, -0.15) is 0 Å². The average molecular weight is 331 g/mol. The molecule has 2 fully saturated rings. The van der Waals surface area contributed by atoms with Gasteiger partial charge >= 0.3 is 5.97 Å². The molecule has 2 saturated heterocycles. The number of carboxylic acids is 1. The van der Waals surface area contributed by atoms with E-state index in [4.69, 9.17) is 4.74 Å². The molecule has 2 aliphatic heterocycles. The van der Waals surface area contributed by atoms with Gasteiger partial charge in [-0.15, -0.1) is 0 Å². The minimum absolute atomic E-state index is 0.143. The first-order valence-electron chi connectivity index (χ1n) is 8.82. The normalized spacial score (nSPS) is 21.8. The Morgan fingerprint density at radius 2 is 1.88 bits per heavy atom. The van der Waals surface area contributed by atoms with Crippen LogP contribution in [-0.4, -0.2) is 48.2 Å². The third-order valence-corrected chi connectivity index (χ3v) is 5.37. The third kappa shape index (κ3) is 3.96. The van der Waals surface area contributed by atoms with Crippen molar-refractivity contribution in [1.29, 1.82) is 0 Å². The lowest BCUT2D eigenvalue weighted by molar-refractivity contribution is -0.130. The van der Waals surface area contributed by atoms with Crippen molar-refractivity contribution < 1.29 is 19.4 Å². The van der Waals surface area contributed by atoms with Gasteiger partial charge in [0.25, 0.3) is 0 Å². The lowest BCUT2D eigenvalue weighted by Gasteiger charge is -2.27. The topological polar surface area (TPSA) is 66.8 Å². The molecule has 0 unspecified atom stereocenters. The van der Waals surface area contributed by atoms with Gasteiger partial charge in [-0.3, -0.25) is 4.79 Å². The molecular weight excluding hydrogens is 306 g/mol. The number of amides is 1. The van der Waals surface area contributed by atoms with E-state index in [0.29, 0.717) is 30.2 Å². The molecule has 0 aromatic heterocycles. The van der Waals surface area contributed by atoms with Crippen molar-refractivity contribution in [3.05, 3.63) is 35.4 Å². The van der Waals surface area contributed by atoms with Crippen molar-refractivity contribution in [2.24, 2.45) is 11.8 Å². The first kappa shape index (κ1) is 17.0. The minimum Gasteiger partial charge on any atom is -0.478 e. The van der Waals surface area contributed by atoms with Gasteiger partial charge < -0.3 is 14.7 Å². The van der Waals surface area contributed by atoms with Crippen molar-refractivity contribution in [2.45, 2.75) is 32.1 Å². The lowest BCUT2D eigenvalue weighted by atomic mass is 9.85. The molecule has 5 nitrogen and oxygen atoms in total. The molecule has 5 heteroatoms. The van der Waals surface area contributed by atoms with Crippen LogP contribution in [0.1, 0.15) is 41.6 Å². The molecule has 0 aliphatic carbocycles. The Morgan fingerprint density at radius 3 is 2.62 bits per heavy atom. The fraction of sp³-hybridized carbons (Fsp3) is 0.579. The van der Waals surface area contributed by atoms with Crippen LogP contribution in [0, 0.1) is 11.8 Å². The van der Waals surface area contributed by atoms with E-state index in [2.05, 4.69) is 0 Å². The molecule has 0 bridgehead atoms. The molecule has 0 spiro atoms. The van der Waals surface area contributed by atoms with E-state index in [1.165, 1.54) is 0 Å². The predicted molar refractivity (Wildman–Crippen MR) is 90.0 cm³/mol. The Balaban J connectivity index is 1.52. The van der Waals surface area contributed by atoms with Crippen molar-refractivity contribution in [3.8, 4) is 0 Å². The second kappa shape index (κ2) is 7.79. The van der Waals surface area contributed by atoms with Crippen molar-refractivity contribution in [3.63, 3.8) is 0 Å². The van der Waals surface area contributed by atoms with Gasteiger partial charge in [-0.25, -0.2) is 4.79 Å². The molecule has 0 saturated carbocycles. The van der Waals surface area contributed by atoms with Crippen molar-refractivity contribution in [2.75, 3.05) is 26.3 Å². The number of ether oxygens (including phenoxy) is 1. The number of likely N-dealkylation sites (tertiary alicyclic amines) is 1. The number of hydrogen-bond donors (Lipinski definition) is 1. The SMILES string of the molecule is O=C(O)c1ccccc1CCC(=O)N1CC[C@H](C2CCOCC2)C1. The summed E-state index contributed by atoms with van der Waals surface area (Å²) in [7, 11) is 0. The van der Waals surface area contributed by atoms with Crippen molar-refractivity contribution in [1.82, 2.24) is 4.90 Å². The summed E-state index contributed by atoms with van der Waals surface area (Å²) in [6.07, 6.45) is 4.17. The quantitative estimate of drug-likeness (QED) is 0.900. The van der Waals surface area contributed by atoms with Crippen LogP contribution in [-0.2, 0) is 16.0 Å². The number of aromatic carboxylic acids is 1. The van der Waals surface area contributed by atoms with Crippen LogP contribution < -0.4 is 0 Å². The standard InChI is InChI=1S/C19H25NO4/c21-18(6-5-15-3-1-2-4-17(15)19(22)23)20-10-7-16(13-20)14-8-11-24-12-9-14/h1-4,14,16H,5-13H2,(H,22,23)/t16-/m0/s1. The van der Waals surface area contributed by atoms with Gasteiger partial charge in [0.2, 0.25) is 5.91 Å². The smallest absolute Gasteiger partial charge is 0.335 e. The van der Waals surface area contributed by atoms with Gasteiger partial charge in [0.15, 0.2) is 0 Å². The minimum atomic E-state index is -0.932. The summed E-state index contributed by atoms with van der Waals surface area (Å²) in [5.74, 6) is 0.497. The number of carbonyl (C=O) groups excluding carboxylic acids is 1. The van der Waals surface area contributed by atoms with Crippen LogP contribution in [0.4, 0.5) is 0 Å². The number of carboxylic acid groups (broad SMARTS) is 1. The number of aryl methyl sites for hydroxylation is 1. The second-order valence-electron chi connectivity index (χ2n) is 6.80. The van der Waals surface area contributed by atoms with Crippen LogP contribution in [0.3, 0.4) is 0 Å². The van der Waals surface area contributed by atoms with E-state index in [-0.39, 0.29) is 5.91 Å². The van der Waals surface area contributed by atoms with Crippen molar-refractivity contribution >= 4 is 11.9 Å². The molecule has 3 rings (SSSR count). The molecule has 24 heavy (non-hydrogen) atoms. The van der Waals surface area contributed by atoms with Crippen LogP contribution in [0.2, 0.25) is 0 Å². The number of nitrogens with zero attached hydrogens (tertiary/aromatic N) is 1. The zero-order valence-corrected chi connectivity index (χ0v) is 13.9. The molecule has 1 aromatic carbocycles. The zero-order valence-electron chi connectivity index (χ0n) is 13.9. The van der Waals surface area contributed by atoms with E-state index in [1.807, 2.05) is 11.0 Å². The third-order valence-electron chi connectivity index (χ3n) is 5.37. The maximum absolute atomic E-state index is 12.5. The van der Waals surface area contributed by atoms with E-state index in [0.717, 1.165) is 51.1 Å². The molecule has 130 valence electrons. The number of carbonyl (C=O) groups is 2. The van der Waals surface area contributed by atoms with Gasteiger partial charge in [-0.1, -0.05) is 18.2 Å². The van der Waals surface area contributed by atoms with Gasteiger partial charge in [0.1, 0.15) is 0 Å². The average Bonchev–Trinajstić information content (AvgIpc) is 3.11. The zero-order chi connectivity index (χ0) is 16.9. The number of benzene rings is 1. The summed E-state index contributed by atoms with van der Waals surface area (Å²) < 4.78 is 5.42. The highest BCUT2D eigenvalue weighted by atomic mass is 16.5. The Hall–Kier alpha value is -1.88. The summed E-state index contributed by atoms with van der Waals surface area (Å²) in [4.78, 5) is 25.7. The Morgan fingerprint density at radius 1 is 1.12 bits per heavy atom.